The molecule has 33 heavy (non-hydrogen) atoms. The molecule has 2 N–H and O–H groups in total. The lowest BCUT2D eigenvalue weighted by atomic mass is 10.2. The van der Waals surface area contributed by atoms with Crippen molar-refractivity contribution in [3.8, 4) is 0 Å². The van der Waals surface area contributed by atoms with Crippen molar-refractivity contribution in [3.63, 3.8) is 0 Å². The molecule has 0 heterocycles. The molecular formula is C19H22N5O8P. The summed E-state index contributed by atoms with van der Waals surface area (Å²) in [5.74, 6) is -1.91. The highest BCUT2D eigenvalue weighted by Crippen LogP contribution is 2.51. The minimum atomic E-state index is -3.92. The summed E-state index contributed by atoms with van der Waals surface area (Å²) in [7, 11) is -3.92. The topological polar surface area (TPSA) is 175 Å². The number of hydrazone groups is 1. The second-order valence-corrected chi connectivity index (χ2v) is 8.42. The van der Waals surface area contributed by atoms with E-state index in [0.717, 1.165) is 24.4 Å². The van der Waals surface area contributed by atoms with Crippen LogP contribution in [0.2, 0.25) is 0 Å². The fourth-order valence-corrected chi connectivity index (χ4v) is 4.24. The number of rotatable bonds is 12. The normalized spacial score (nSPS) is 12.3. The van der Waals surface area contributed by atoms with E-state index in [9.17, 15) is 29.6 Å². The third kappa shape index (κ3) is 6.91. The molecule has 0 radical (unpaired) electrons. The highest BCUT2D eigenvalue weighted by Gasteiger charge is 2.36. The van der Waals surface area contributed by atoms with Gasteiger partial charge in [0.2, 0.25) is 0 Å². The second kappa shape index (κ2) is 11.8. The van der Waals surface area contributed by atoms with Crippen LogP contribution in [0.15, 0.2) is 53.6 Å². The fourth-order valence-electron chi connectivity index (χ4n) is 2.62. The van der Waals surface area contributed by atoms with Crippen LogP contribution in [0, 0.1) is 20.2 Å². The first-order valence-corrected chi connectivity index (χ1v) is 11.3. The average Bonchev–Trinajstić information content (AvgIpc) is 2.79. The third-order valence-corrected chi connectivity index (χ3v) is 6.24. The summed E-state index contributed by atoms with van der Waals surface area (Å²) in [5, 5.41) is 28.5. The van der Waals surface area contributed by atoms with Crippen molar-refractivity contribution in [2.24, 2.45) is 5.10 Å². The standard InChI is InChI=1S/C19H22N5O8P/c1-3-31-33(30,32-4-2)18(21-19(25)14-8-6-5-7-9-14)13-20-22-16-11-10-15(23(26)27)12-17(16)24(28)29/h5-13,18,22H,3-4H2,1-2H3,(H,21,25). The lowest BCUT2D eigenvalue weighted by molar-refractivity contribution is -0.393. The number of carbonyl (C=O) groups is 1. The highest BCUT2D eigenvalue weighted by molar-refractivity contribution is 7.55. The van der Waals surface area contributed by atoms with Crippen LogP contribution >= 0.6 is 7.60 Å². The van der Waals surface area contributed by atoms with Gasteiger partial charge in [0.1, 0.15) is 5.69 Å². The molecule has 176 valence electrons. The number of hydrogen-bond donors (Lipinski definition) is 2. The molecule has 0 aromatic heterocycles. The molecule has 13 nitrogen and oxygen atoms in total. The van der Waals surface area contributed by atoms with E-state index in [-0.39, 0.29) is 24.5 Å². The maximum absolute atomic E-state index is 13.3. The maximum atomic E-state index is 13.3. The number of hydrogen-bond acceptors (Lipinski definition) is 10. The van der Waals surface area contributed by atoms with Crippen LogP contribution in [0.3, 0.4) is 0 Å². The zero-order chi connectivity index (χ0) is 24.4. The molecule has 2 aromatic carbocycles. The Hall–Kier alpha value is -3.67. The van der Waals surface area contributed by atoms with Crippen LogP contribution in [-0.4, -0.2) is 41.0 Å². The van der Waals surface area contributed by atoms with Gasteiger partial charge in [-0.05, 0) is 32.0 Å². The fraction of sp³-hybridized carbons (Fsp3) is 0.263. The smallest absolute Gasteiger partial charge is 0.333 e. The zero-order valence-corrected chi connectivity index (χ0v) is 18.6. The molecule has 1 amide bonds. The van der Waals surface area contributed by atoms with Crippen LogP contribution < -0.4 is 10.7 Å². The van der Waals surface area contributed by atoms with Crippen LogP contribution in [-0.2, 0) is 13.6 Å². The quantitative estimate of drug-likeness (QED) is 0.198. The van der Waals surface area contributed by atoms with Gasteiger partial charge in [-0.2, -0.15) is 5.10 Å². The Bertz CT molecular complexity index is 1070. The number of nitrogens with zero attached hydrogens (tertiary/aromatic N) is 3. The third-order valence-electron chi connectivity index (χ3n) is 4.06. The average molecular weight is 479 g/mol. The Kier molecular flexibility index (Phi) is 9.16. The van der Waals surface area contributed by atoms with Gasteiger partial charge in [-0.25, -0.2) is 0 Å². The lowest BCUT2D eigenvalue weighted by Gasteiger charge is -2.24. The zero-order valence-electron chi connectivity index (χ0n) is 17.7. The molecule has 1 unspecified atom stereocenters. The molecule has 0 spiro atoms. The van der Waals surface area contributed by atoms with Crippen LogP contribution in [0.1, 0.15) is 24.2 Å². The molecule has 0 saturated heterocycles. The van der Waals surface area contributed by atoms with Gasteiger partial charge in [0.25, 0.3) is 11.6 Å². The van der Waals surface area contributed by atoms with E-state index >= 15 is 0 Å². The monoisotopic (exact) mass is 479 g/mol. The summed E-state index contributed by atoms with van der Waals surface area (Å²) < 4.78 is 23.8. The van der Waals surface area contributed by atoms with Gasteiger partial charge in [-0.15, -0.1) is 0 Å². The van der Waals surface area contributed by atoms with Crippen molar-refractivity contribution >= 4 is 36.8 Å². The Morgan fingerprint density at radius 1 is 1.09 bits per heavy atom. The van der Waals surface area contributed by atoms with Gasteiger partial charge < -0.3 is 14.4 Å². The van der Waals surface area contributed by atoms with E-state index in [1.54, 1.807) is 44.2 Å². The predicted octanol–water partition coefficient (Wildman–Crippen LogP) is 3.92. The maximum Gasteiger partial charge on any atom is 0.358 e. The van der Waals surface area contributed by atoms with E-state index in [1.807, 2.05) is 0 Å². The number of carbonyl (C=O) groups excluding carboxylic acids is 1. The molecule has 14 heteroatoms. The van der Waals surface area contributed by atoms with Crippen LogP contribution in [0.5, 0.6) is 0 Å². The number of nitro benzene ring substituents is 2. The molecule has 2 aromatic rings. The predicted molar refractivity (Wildman–Crippen MR) is 120 cm³/mol. The molecule has 2 rings (SSSR count). The number of benzene rings is 2. The van der Waals surface area contributed by atoms with E-state index in [0.29, 0.717) is 0 Å². The first-order valence-electron chi connectivity index (χ1n) is 9.68. The summed E-state index contributed by atoms with van der Waals surface area (Å²) in [4.78, 5) is 33.2. The number of nitro groups is 2. The van der Waals surface area contributed by atoms with Crippen molar-refractivity contribution in [1.29, 1.82) is 0 Å². The SMILES string of the molecule is CCOP(=O)(OCC)C(C=NNc1ccc([N+](=O)[O-])cc1[N+](=O)[O-])NC(=O)c1ccccc1. The number of non-ortho nitro benzene ring substituents is 1. The molecule has 1 atom stereocenters. The van der Waals surface area contributed by atoms with Crippen LogP contribution in [0.25, 0.3) is 0 Å². The van der Waals surface area contributed by atoms with Gasteiger partial charge in [-0.1, -0.05) is 18.2 Å². The summed E-state index contributed by atoms with van der Waals surface area (Å²) in [6, 6.07) is 11.1. The first kappa shape index (κ1) is 25.6. The summed E-state index contributed by atoms with van der Waals surface area (Å²) in [6.45, 7) is 3.23. The molecule has 0 aliphatic carbocycles. The Morgan fingerprint density at radius 2 is 1.73 bits per heavy atom. The molecule has 0 saturated carbocycles. The minimum Gasteiger partial charge on any atom is -0.333 e. The molecule has 0 fully saturated rings. The number of amides is 1. The van der Waals surface area contributed by atoms with Crippen molar-refractivity contribution in [1.82, 2.24) is 5.32 Å². The van der Waals surface area contributed by atoms with E-state index in [1.165, 1.54) is 0 Å². The summed E-state index contributed by atoms with van der Waals surface area (Å²) in [5.41, 5.74) is 1.45. The second-order valence-electron chi connectivity index (χ2n) is 6.27. The van der Waals surface area contributed by atoms with Crippen molar-refractivity contribution in [2.75, 3.05) is 18.6 Å². The van der Waals surface area contributed by atoms with Gasteiger partial charge in [-0.3, -0.25) is 35.0 Å². The lowest BCUT2D eigenvalue weighted by Crippen LogP contribution is -2.37. The molecular weight excluding hydrogens is 457 g/mol. The number of nitrogens with one attached hydrogen (secondary N) is 2. The molecule has 0 aliphatic rings. The Morgan fingerprint density at radius 3 is 2.27 bits per heavy atom. The highest BCUT2D eigenvalue weighted by atomic mass is 31.2. The minimum absolute atomic E-state index is 0.0179. The van der Waals surface area contributed by atoms with E-state index < -0.39 is 40.5 Å². The van der Waals surface area contributed by atoms with Crippen molar-refractivity contribution in [2.45, 2.75) is 19.6 Å². The Balaban J connectivity index is 2.34. The van der Waals surface area contributed by atoms with Gasteiger partial charge >= 0.3 is 13.3 Å². The van der Waals surface area contributed by atoms with Crippen molar-refractivity contribution < 1.29 is 28.3 Å². The molecule has 0 bridgehead atoms. The van der Waals surface area contributed by atoms with Gasteiger partial charge in [0.15, 0.2) is 5.78 Å². The van der Waals surface area contributed by atoms with E-state index in [2.05, 4.69) is 15.8 Å². The summed E-state index contributed by atoms with van der Waals surface area (Å²) in [6.07, 6.45) is 1.03. The Labute approximate surface area is 188 Å². The van der Waals surface area contributed by atoms with Gasteiger partial charge in [0, 0.05) is 11.6 Å². The first-order chi connectivity index (χ1) is 15.7. The van der Waals surface area contributed by atoms with Gasteiger partial charge in [0.05, 0.1) is 35.3 Å². The van der Waals surface area contributed by atoms with Crippen LogP contribution in [0.4, 0.5) is 17.1 Å². The molecule has 0 aliphatic heterocycles. The van der Waals surface area contributed by atoms with E-state index in [4.69, 9.17) is 9.05 Å². The summed E-state index contributed by atoms with van der Waals surface area (Å²) >= 11 is 0. The largest absolute Gasteiger partial charge is 0.358 e. The van der Waals surface area contributed by atoms with Crippen molar-refractivity contribution in [3.05, 3.63) is 74.3 Å². The number of anilines is 1.